The molecule has 1 amide bonds. The number of amides is 1. The number of anilines is 1. The average molecular weight is 246 g/mol. The van der Waals surface area contributed by atoms with Crippen molar-refractivity contribution in [2.75, 3.05) is 5.32 Å². The first kappa shape index (κ1) is 14.2. The Morgan fingerprint density at radius 2 is 2.00 bits per heavy atom. The van der Waals surface area contributed by atoms with E-state index in [9.17, 15) is 15.2 Å². The number of rotatable bonds is 5. The van der Waals surface area contributed by atoms with Gasteiger partial charge in [-0.2, -0.15) is 5.26 Å². The fourth-order valence-corrected chi connectivity index (χ4v) is 1.80. The van der Waals surface area contributed by atoms with Gasteiger partial charge in [-0.3, -0.25) is 4.79 Å². The molecule has 0 bridgehead atoms. The number of nitriles is 1. The number of para-hydroxylation sites is 1. The molecule has 4 heteroatoms. The lowest BCUT2D eigenvalue weighted by molar-refractivity contribution is -0.123. The van der Waals surface area contributed by atoms with E-state index in [2.05, 4.69) is 11.4 Å². The van der Waals surface area contributed by atoms with Gasteiger partial charge in [-0.1, -0.05) is 32.0 Å². The maximum absolute atomic E-state index is 12.2. The van der Waals surface area contributed by atoms with E-state index in [0.717, 1.165) is 0 Å². The van der Waals surface area contributed by atoms with E-state index in [-0.39, 0.29) is 12.5 Å². The summed E-state index contributed by atoms with van der Waals surface area (Å²) in [5.74, 6) is -0.309. The fourth-order valence-electron chi connectivity index (χ4n) is 1.80. The Kier molecular flexibility index (Phi) is 4.87. The molecule has 0 aliphatic carbocycles. The third-order valence-corrected chi connectivity index (χ3v) is 3.29. The van der Waals surface area contributed by atoms with Crippen LogP contribution in [0.4, 0.5) is 5.69 Å². The summed E-state index contributed by atoms with van der Waals surface area (Å²) >= 11 is 0. The van der Waals surface area contributed by atoms with Crippen LogP contribution in [-0.2, 0) is 11.4 Å². The van der Waals surface area contributed by atoms with E-state index in [1.165, 1.54) is 0 Å². The van der Waals surface area contributed by atoms with Gasteiger partial charge in [0.05, 0.1) is 12.7 Å². The van der Waals surface area contributed by atoms with E-state index in [0.29, 0.717) is 24.1 Å². The van der Waals surface area contributed by atoms with Crippen LogP contribution in [0.1, 0.15) is 32.3 Å². The number of benzene rings is 1. The number of hydrogen-bond acceptors (Lipinski definition) is 3. The Balaban J connectivity index is 2.97. The molecular weight excluding hydrogens is 228 g/mol. The van der Waals surface area contributed by atoms with Gasteiger partial charge in [0.2, 0.25) is 5.91 Å². The largest absolute Gasteiger partial charge is 0.392 e. The van der Waals surface area contributed by atoms with Crippen LogP contribution in [0, 0.1) is 16.7 Å². The predicted molar refractivity (Wildman–Crippen MR) is 69.6 cm³/mol. The number of hydrogen-bond donors (Lipinski definition) is 2. The molecule has 0 saturated carbocycles. The van der Waals surface area contributed by atoms with Crippen molar-refractivity contribution in [1.82, 2.24) is 0 Å². The average Bonchev–Trinajstić information content (AvgIpc) is 2.42. The highest BCUT2D eigenvalue weighted by Gasteiger charge is 2.35. The molecule has 0 aromatic heterocycles. The zero-order valence-electron chi connectivity index (χ0n) is 10.7. The number of nitrogens with one attached hydrogen (secondary N) is 1. The maximum atomic E-state index is 12.2. The quantitative estimate of drug-likeness (QED) is 0.838. The first-order valence-electron chi connectivity index (χ1n) is 6.05. The second-order valence-electron chi connectivity index (χ2n) is 4.17. The normalized spacial score (nSPS) is 10.8. The number of carbonyl (C=O) groups is 1. The molecule has 0 saturated heterocycles. The Morgan fingerprint density at radius 3 is 2.50 bits per heavy atom. The molecule has 96 valence electrons. The summed E-state index contributed by atoms with van der Waals surface area (Å²) in [4.78, 5) is 12.2. The highest BCUT2D eigenvalue weighted by atomic mass is 16.3. The molecule has 0 aliphatic rings. The smallest absolute Gasteiger partial charge is 0.244 e. The van der Waals surface area contributed by atoms with Gasteiger partial charge in [0.15, 0.2) is 0 Å². The zero-order valence-corrected chi connectivity index (χ0v) is 10.7. The standard InChI is InChI=1S/C14H18N2O2/c1-3-14(4-2,10-15)13(18)16-12-8-6-5-7-11(12)9-17/h5-8,17H,3-4,9H2,1-2H3,(H,16,18). The monoisotopic (exact) mass is 246 g/mol. The van der Waals surface area contributed by atoms with Crippen LogP contribution in [0.15, 0.2) is 24.3 Å². The molecule has 1 aromatic carbocycles. The maximum Gasteiger partial charge on any atom is 0.244 e. The molecule has 1 rings (SSSR count). The van der Waals surface area contributed by atoms with E-state index in [4.69, 9.17) is 0 Å². The van der Waals surface area contributed by atoms with Crippen LogP contribution in [0.25, 0.3) is 0 Å². The molecule has 0 heterocycles. The SMILES string of the molecule is CCC(C#N)(CC)C(=O)Nc1ccccc1CO. The minimum atomic E-state index is -0.997. The molecule has 1 aromatic rings. The third-order valence-electron chi connectivity index (χ3n) is 3.29. The van der Waals surface area contributed by atoms with Gasteiger partial charge < -0.3 is 10.4 Å². The first-order chi connectivity index (χ1) is 8.63. The van der Waals surface area contributed by atoms with Gasteiger partial charge in [-0.25, -0.2) is 0 Å². The Bertz CT molecular complexity index is 459. The minimum Gasteiger partial charge on any atom is -0.392 e. The van der Waals surface area contributed by atoms with Crippen LogP contribution in [-0.4, -0.2) is 11.0 Å². The fraction of sp³-hybridized carbons (Fsp3) is 0.429. The van der Waals surface area contributed by atoms with E-state index in [1.807, 2.05) is 13.8 Å². The van der Waals surface area contributed by atoms with Gasteiger partial charge in [-0.15, -0.1) is 0 Å². The lowest BCUT2D eigenvalue weighted by Crippen LogP contribution is -2.34. The summed E-state index contributed by atoms with van der Waals surface area (Å²) in [6.07, 6.45) is 0.931. The molecule has 4 nitrogen and oxygen atoms in total. The van der Waals surface area contributed by atoms with Gasteiger partial charge in [-0.05, 0) is 18.9 Å². The van der Waals surface area contributed by atoms with Crippen molar-refractivity contribution < 1.29 is 9.90 Å². The lowest BCUT2D eigenvalue weighted by Gasteiger charge is -2.22. The molecule has 0 radical (unpaired) electrons. The molecular formula is C14H18N2O2. The van der Waals surface area contributed by atoms with Crippen LogP contribution < -0.4 is 5.32 Å². The Morgan fingerprint density at radius 1 is 1.39 bits per heavy atom. The van der Waals surface area contributed by atoms with Crippen molar-refractivity contribution in [3.8, 4) is 6.07 Å². The predicted octanol–water partition coefficient (Wildman–Crippen LogP) is 2.45. The summed E-state index contributed by atoms with van der Waals surface area (Å²) < 4.78 is 0. The summed E-state index contributed by atoms with van der Waals surface area (Å²) in [6.45, 7) is 3.50. The van der Waals surface area contributed by atoms with Crippen molar-refractivity contribution in [1.29, 1.82) is 5.26 Å². The van der Waals surface area contributed by atoms with Gasteiger partial charge >= 0.3 is 0 Å². The molecule has 18 heavy (non-hydrogen) atoms. The molecule has 0 aliphatic heterocycles. The van der Waals surface area contributed by atoms with Crippen LogP contribution >= 0.6 is 0 Å². The van der Waals surface area contributed by atoms with Crippen molar-refractivity contribution in [3.05, 3.63) is 29.8 Å². The second-order valence-corrected chi connectivity index (χ2v) is 4.17. The summed E-state index contributed by atoms with van der Waals surface area (Å²) in [5, 5.41) is 21.1. The lowest BCUT2D eigenvalue weighted by atomic mass is 9.83. The van der Waals surface area contributed by atoms with Gasteiger partial charge in [0, 0.05) is 11.3 Å². The molecule has 0 fully saturated rings. The van der Waals surface area contributed by atoms with Crippen molar-refractivity contribution in [3.63, 3.8) is 0 Å². The second kappa shape index (κ2) is 6.18. The highest BCUT2D eigenvalue weighted by molar-refractivity contribution is 5.97. The van der Waals surface area contributed by atoms with Crippen molar-refractivity contribution >= 4 is 11.6 Å². The third kappa shape index (κ3) is 2.69. The summed E-state index contributed by atoms with van der Waals surface area (Å²) in [6, 6.07) is 9.12. The van der Waals surface area contributed by atoms with E-state index >= 15 is 0 Å². The van der Waals surface area contributed by atoms with Crippen LogP contribution in [0.5, 0.6) is 0 Å². The summed E-state index contributed by atoms with van der Waals surface area (Å²) in [5.41, 5.74) is 0.208. The van der Waals surface area contributed by atoms with Crippen LogP contribution in [0.2, 0.25) is 0 Å². The van der Waals surface area contributed by atoms with Gasteiger partial charge in [0.25, 0.3) is 0 Å². The van der Waals surface area contributed by atoms with E-state index < -0.39 is 5.41 Å². The molecule has 2 N–H and O–H groups in total. The number of nitrogens with zero attached hydrogens (tertiary/aromatic N) is 1. The zero-order chi connectivity index (χ0) is 13.6. The van der Waals surface area contributed by atoms with Crippen molar-refractivity contribution in [2.45, 2.75) is 33.3 Å². The van der Waals surface area contributed by atoms with Crippen molar-refractivity contribution in [2.24, 2.45) is 5.41 Å². The molecule has 0 unspecified atom stereocenters. The number of carbonyl (C=O) groups excluding carboxylic acids is 1. The van der Waals surface area contributed by atoms with E-state index in [1.54, 1.807) is 24.3 Å². The topological polar surface area (TPSA) is 73.1 Å². The summed E-state index contributed by atoms with van der Waals surface area (Å²) in [7, 11) is 0. The van der Waals surface area contributed by atoms with Gasteiger partial charge in [0.1, 0.15) is 5.41 Å². The molecule has 0 spiro atoms. The number of aliphatic hydroxyl groups excluding tert-OH is 1. The molecule has 0 atom stereocenters. The highest BCUT2D eigenvalue weighted by Crippen LogP contribution is 2.28. The Labute approximate surface area is 107 Å². The minimum absolute atomic E-state index is 0.145. The first-order valence-corrected chi connectivity index (χ1v) is 6.05. The number of aliphatic hydroxyl groups is 1. The Hall–Kier alpha value is -1.86. The van der Waals surface area contributed by atoms with Crippen LogP contribution in [0.3, 0.4) is 0 Å².